The summed E-state index contributed by atoms with van der Waals surface area (Å²) >= 11 is 3.22. The van der Waals surface area contributed by atoms with Gasteiger partial charge in [-0.2, -0.15) is 0 Å². The fraction of sp³-hybridized carbons (Fsp3) is 0.273. The number of aryl methyl sites for hydroxylation is 1. The smallest absolute Gasteiger partial charge is 0.295 e. The van der Waals surface area contributed by atoms with Crippen molar-refractivity contribution in [3.8, 4) is 0 Å². The van der Waals surface area contributed by atoms with Crippen molar-refractivity contribution < 1.29 is 4.79 Å². The number of H-pyrrole nitrogens is 1. The van der Waals surface area contributed by atoms with Gasteiger partial charge in [0.25, 0.3) is 5.91 Å². The van der Waals surface area contributed by atoms with Gasteiger partial charge in [-0.25, -0.2) is 9.97 Å². The number of pyridine rings is 1. The molecule has 0 saturated heterocycles. The molecule has 2 heterocycles. The van der Waals surface area contributed by atoms with Crippen LogP contribution in [-0.2, 0) is 6.42 Å². The summed E-state index contributed by atoms with van der Waals surface area (Å²) in [5.41, 5.74) is 0.602. The maximum atomic E-state index is 11.8. The Labute approximate surface area is 112 Å². The van der Waals surface area contributed by atoms with Crippen LogP contribution in [0.3, 0.4) is 0 Å². The van der Waals surface area contributed by atoms with E-state index in [1.54, 1.807) is 18.3 Å². The van der Waals surface area contributed by atoms with E-state index in [0.717, 1.165) is 18.7 Å². The molecule has 2 aromatic heterocycles. The molecular weight excluding hydrogens is 298 g/mol. The van der Waals surface area contributed by atoms with Crippen LogP contribution in [0, 0.1) is 0 Å². The quantitative estimate of drug-likeness (QED) is 0.848. The number of aromatic nitrogens is 4. The molecule has 2 rings (SSSR count). The number of carbonyl (C=O) groups is 1. The highest BCUT2D eigenvalue weighted by molar-refractivity contribution is 9.10. The summed E-state index contributed by atoms with van der Waals surface area (Å²) in [5, 5.41) is 9.28. The van der Waals surface area contributed by atoms with E-state index in [9.17, 15) is 4.79 Å². The SMILES string of the molecule is CCCc1nc(C(=O)Nc2ccc(Br)nc2)n[nH]1. The third-order valence-corrected chi connectivity index (χ3v) is 2.68. The Morgan fingerprint density at radius 1 is 1.50 bits per heavy atom. The van der Waals surface area contributed by atoms with Gasteiger partial charge in [-0.15, -0.1) is 5.10 Å². The molecule has 6 nitrogen and oxygen atoms in total. The summed E-state index contributed by atoms with van der Waals surface area (Å²) in [4.78, 5) is 19.9. The van der Waals surface area contributed by atoms with Gasteiger partial charge >= 0.3 is 0 Å². The lowest BCUT2D eigenvalue weighted by Crippen LogP contribution is -2.14. The number of halogens is 1. The van der Waals surface area contributed by atoms with Crippen LogP contribution in [0.25, 0.3) is 0 Å². The van der Waals surface area contributed by atoms with Gasteiger partial charge in [-0.3, -0.25) is 9.89 Å². The van der Waals surface area contributed by atoms with Crippen molar-refractivity contribution in [3.63, 3.8) is 0 Å². The van der Waals surface area contributed by atoms with Gasteiger partial charge < -0.3 is 5.32 Å². The maximum absolute atomic E-state index is 11.8. The first-order valence-corrected chi connectivity index (χ1v) is 6.32. The molecule has 94 valence electrons. The topological polar surface area (TPSA) is 83.6 Å². The Morgan fingerprint density at radius 3 is 3.00 bits per heavy atom. The molecule has 0 aliphatic heterocycles. The zero-order valence-electron chi connectivity index (χ0n) is 9.77. The fourth-order valence-corrected chi connectivity index (χ4v) is 1.62. The van der Waals surface area contributed by atoms with E-state index in [0.29, 0.717) is 10.3 Å². The van der Waals surface area contributed by atoms with Crippen molar-refractivity contribution in [2.75, 3.05) is 5.32 Å². The van der Waals surface area contributed by atoms with Crippen molar-refractivity contribution in [2.24, 2.45) is 0 Å². The summed E-state index contributed by atoms with van der Waals surface area (Å²) in [6.07, 6.45) is 3.29. The number of aromatic amines is 1. The molecule has 0 aromatic carbocycles. The third kappa shape index (κ3) is 3.13. The highest BCUT2D eigenvalue weighted by Crippen LogP contribution is 2.11. The van der Waals surface area contributed by atoms with Crippen molar-refractivity contribution in [2.45, 2.75) is 19.8 Å². The van der Waals surface area contributed by atoms with Crippen molar-refractivity contribution in [1.29, 1.82) is 0 Å². The molecule has 7 heteroatoms. The van der Waals surface area contributed by atoms with Gasteiger partial charge in [0.1, 0.15) is 10.4 Å². The highest BCUT2D eigenvalue weighted by Gasteiger charge is 2.12. The Hall–Kier alpha value is -1.76. The molecule has 0 aliphatic carbocycles. The number of amides is 1. The summed E-state index contributed by atoms with van der Waals surface area (Å²) in [5.74, 6) is 0.510. The first-order valence-electron chi connectivity index (χ1n) is 5.53. The van der Waals surface area contributed by atoms with Crippen LogP contribution in [0.4, 0.5) is 5.69 Å². The molecule has 0 bridgehead atoms. The van der Waals surface area contributed by atoms with E-state index in [4.69, 9.17) is 0 Å². The van der Waals surface area contributed by atoms with Gasteiger partial charge in [-0.05, 0) is 34.5 Å². The second-order valence-electron chi connectivity index (χ2n) is 3.68. The lowest BCUT2D eigenvalue weighted by molar-refractivity contribution is 0.101. The molecule has 2 N–H and O–H groups in total. The van der Waals surface area contributed by atoms with Gasteiger partial charge in [0.05, 0.1) is 11.9 Å². The van der Waals surface area contributed by atoms with Crippen molar-refractivity contribution in [1.82, 2.24) is 20.2 Å². The van der Waals surface area contributed by atoms with Crippen LogP contribution >= 0.6 is 15.9 Å². The number of hydrogen-bond donors (Lipinski definition) is 2. The largest absolute Gasteiger partial charge is 0.318 e. The van der Waals surface area contributed by atoms with E-state index in [-0.39, 0.29) is 11.7 Å². The van der Waals surface area contributed by atoms with Gasteiger partial charge in [0, 0.05) is 6.42 Å². The number of anilines is 1. The number of rotatable bonds is 4. The molecule has 0 spiro atoms. The lowest BCUT2D eigenvalue weighted by Gasteiger charge is -2.01. The van der Waals surface area contributed by atoms with Crippen molar-refractivity contribution >= 4 is 27.5 Å². The van der Waals surface area contributed by atoms with E-state index >= 15 is 0 Å². The zero-order valence-corrected chi connectivity index (χ0v) is 11.4. The molecular formula is C11H12BrN5O. The fourth-order valence-electron chi connectivity index (χ4n) is 1.38. The van der Waals surface area contributed by atoms with Crippen LogP contribution in [0.15, 0.2) is 22.9 Å². The molecule has 0 atom stereocenters. The minimum Gasteiger partial charge on any atom is -0.318 e. The van der Waals surface area contributed by atoms with Gasteiger partial charge in [0.2, 0.25) is 5.82 Å². The van der Waals surface area contributed by atoms with Crippen LogP contribution in [0.2, 0.25) is 0 Å². The van der Waals surface area contributed by atoms with Crippen LogP contribution in [0.1, 0.15) is 29.8 Å². The molecule has 0 saturated carbocycles. The minimum absolute atomic E-state index is 0.140. The van der Waals surface area contributed by atoms with E-state index in [2.05, 4.69) is 41.4 Å². The first kappa shape index (κ1) is 12.7. The maximum Gasteiger partial charge on any atom is 0.295 e. The van der Waals surface area contributed by atoms with E-state index in [1.165, 1.54) is 0 Å². The Kier molecular flexibility index (Phi) is 4.03. The molecule has 0 radical (unpaired) electrons. The van der Waals surface area contributed by atoms with Crippen LogP contribution in [0.5, 0.6) is 0 Å². The minimum atomic E-state index is -0.349. The van der Waals surface area contributed by atoms with Gasteiger partial charge in [0.15, 0.2) is 0 Å². The number of hydrogen-bond acceptors (Lipinski definition) is 4. The second-order valence-corrected chi connectivity index (χ2v) is 4.49. The number of nitrogens with one attached hydrogen (secondary N) is 2. The summed E-state index contributed by atoms with van der Waals surface area (Å²) in [7, 11) is 0. The molecule has 2 aromatic rings. The van der Waals surface area contributed by atoms with E-state index < -0.39 is 0 Å². The molecule has 18 heavy (non-hydrogen) atoms. The standard InChI is InChI=1S/C11H12BrN5O/c1-2-3-9-15-10(17-16-9)11(18)14-7-4-5-8(12)13-6-7/h4-6H,2-3H2,1H3,(H,14,18)(H,15,16,17). The predicted octanol–water partition coefficient (Wildman–Crippen LogP) is 2.17. The summed E-state index contributed by atoms with van der Waals surface area (Å²) in [6.45, 7) is 2.04. The monoisotopic (exact) mass is 309 g/mol. The Morgan fingerprint density at radius 2 is 2.33 bits per heavy atom. The normalized spacial score (nSPS) is 10.3. The Bertz CT molecular complexity index is 537. The van der Waals surface area contributed by atoms with E-state index in [1.807, 2.05) is 6.92 Å². The Balaban J connectivity index is 2.04. The lowest BCUT2D eigenvalue weighted by atomic mass is 10.3. The highest BCUT2D eigenvalue weighted by atomic mass is 79.9. The molecule has 0 aliphatic rings. The molecule has 0 unspecified atom stereocenters. The van der Waals surface area contributed by atoms with Crippen LogP contribution in [-0.4, -0.2) is 26.1 Å². The predicted molar refractivity (Wildman–Crippen MR) is 70.3 cm³/mol. The zero-order chi connectivity index (χ0) is 13.0. The first-order chi connectivity index (χ1) is 8.69. The average Bonchev–Trinajstić information content (AvgIpc) is 2.81. The second kappa shape index (κ2) is 5.72. The molecule has 0 fully saturated rings. The van der Waals surface area contributed by atoms with Crippen molar-refractivity contribution in [3.05, 3.63) is 34.6 Å². The third-order valence-electron chi connectivity index (χ3n) is 2.21. The van der Waals surface area contributed by atoms with Gasteiger partial charge in [-0.1, -0.05) is 6.92 Å². The number of carbonyl (C=O) groups excluding carboxylic acids is 1. The van der Waals surface area contributed by atoms with Crippen LogP contribution < -0.4 is 5.32 Å². The summed E-state index contributed by atoms with van der Waals surface area (Å²) < 4.78 is 0.712. The number of nitrogens with zero attached hydrogens (tertiary/aromatic N) is 3. The summed E-state index contributed by atoms with van der Waals surface area (Å²) in [6, 6.07) is 3.49. The molecule has 1 amide bonds. The average molecular weight is 310 g/mol.